The fourth-order valence-electron chi connectivity index (χ4n) is 3.30. The van der Waals surface area contributed by atoms with Gasteiger partial charge in [-0.25, -0.2) is 13.1 Å². The molecule has 1 heterocycles. The molecule has 0 radical (unpaired) electrons. The molecule has 0 aromatic rings. The quantitative estimate of drug-likeness (QED) is 0.825. The van der Waals surface area contributed by atoms with E-state index < -0.39 is 15.6 Å². The van der Waals surface area contributed by atoms with Gasteiger partial charge in [-0.3, -0.25) is 4.99 Å². The second-order valence-corrected chi connectivity index (χ2v) is 9.99. The molecule has 1 saturated heterocycles. The van der Waals surface area contributed by atoms with Crippen LogP contribution in [0.1, 0.15) is 46.5 Å². The standard InChI is InChI=1S/C14H27N3O2S2/c1-11-6-5-7-14(8-11)10-20-12(16-14)15-9-13(2,3)17-21(4,18)19/h11,17H,5-10H2,1-4H3,(H,15,16). The van der Waals surface area contributed by atoms with E-state index in [9.17, 15) is 8.42 Å². The normalized spacial score (nSPS) is 32.6. The molecule has 2 rings (SSSR count). The van der Waals surface area contributed by atoms with Crippen molar-refractivity contribution in [1.82, 2.24) is 10.0 Å². The molecule has 1 spiro atoms. The zero-order chi connectivity index (χ0) is 15.7. The van der Waals surface area contributed by atoms with Gasteiger partial charge in [0, 0.05) is 16.8 Å². The molecular formula is C14H27N3O2S2. The van der Waals surface area contributed by atoms with E-state index in [1.807, 2.05) is 13.8 Å². The summed E-state index contributed by atoms with van der Waals surface area (Å²) in [5.74, 6) is 1.85. The summed E-state index contributed by atoms with van der Waals surface area (Å²) >= 11 is 1.77. The van der Waals surface area contributed by atoms with E-state index in [4.69, 9.17) is 0 Å². The fraction of sp³-hybridized carbons (Fsp3) is 0.929. The minimum absolute atomic E-state index is 0.218. The average molecular weight is 334 g/mol. The molecular weight excluding hydrogens is 306 g/mol. The first-order valence-corrected chi connectivity index (χ1v) is 10.4. The molecule has 5 nitrogen and oxygen atoms in total. The average Bonchev–Trinajstić information content (AvgIpc) is 2.66. The van der Waals surface area contributed by atoms with Gasteiger partial charge in [0.15, 0.2) is 5.17 Å². The van der Waals surface area contributed by atoms with Crippen LogP contribution in [0.4, 0.5) is 0 Å². The van der Waals surface area contributed by atoms with Gasteiger partial charge in [0.1, 0.15) is 0 Å². The topological polar surface area (TPSA) is 70.6 Å². The number of rotatable bonds is 4. The Hall–Kier alpha value is -0.270. The van der Waals surface area contributed by atoms with Crippen molar-refractivity contribution >= 4 is 27.0 Å². The van der Waals surface area contributed by atoms with Crippen LogP contribution < -0.4 is 10.0 Å². The first-order chi connectivity index (χ1) is 9.59. The van der Waals surface area contributed by atoms with Gasteiger partial charge >= 0.3 is 0 Å². The van der Waals surface area contributed by atoms with E-state index in [2.05, 4.69) is 22.0 Å². The first kappa shape index (κ1) is 17.1. The Kier molecular flexibility index (Phi) is 4.95. The van der Waals surface area contributed by atoms with Gasteiger partial charge in [-0.15, -0.1) is 0 Å². The van der Waals surface area contributed by atoms with E-state index >= 15 is 0 Å². The predicted molar refractivity (Wildman–Crippen MR) is 90.3 cm³/mol. The third kappa shape index (κ3) is 5.14. The Balaban J connectivity index is 1.95. The van der Waals surface area contributed by atoms with Crippen LogP contribution in [0.3, 0.4) is 0 Å². The maximum atomic E-state index is 11.3. The molecule has 0 aromatic carbocycles. The zero-order valence-corrected chi connectivity index (χ0v) is 15.0. The molecule has 2 N–H and O–H groups in total. The van der Waals surface area contributed by atoms with Crippen molar-refractivity contribution in [3.05, 3.63) is 0 Å². The predicted octanol–water partition coefficient (Wildman–Crippen LogP) is 1.96. The molecule has 2 unspecified atom stereocenters. The van der Waals surface area contributed by atoms with Crippen molar-refractivity contribution in [1.29, 1.82) is 0 Å². The maximum absolute atomic E-state index is 11.3. The van der Waals surface area contributed by atoms with Crippen molar-refractivity contribution in [2.75, 3.05) is 18.6 Å². The minimum atomic E-state index is -3.21. The van der Waals surface area contributed by atoms with E-state index in [0.29, 0.717) is 6.54 Å². The number of nitrogens with zero attached hydrogens (tertiary/aromatic N) is 1. The van der Waals surface area contributed by atoms with Crippen LogP contribution in [-0.4, -0.2) is 43.2 Å². The molecule has 2 aliphatic rings. The molecule has 0 amide bonds. The molecule has 7 heteroatoms. The molecule has 1 aliphatic heterocycles. The van der Waals surface area contributed by atoms with Gasteiger partial charge in [-0.2, -0.15) is 0 Å². The molecule has 1 saturated carbocycles. The SMILES string of the molecule is CC1CCCC2(CSC(=NCC(C)(C)NS(C)(=O)=O)N2)C1. The molecule has 2 fully saturated rings. The van der Waals surface area contributed by atoms with Crippen LogP contribution in [-0.2, 0) is 10.0 Å². The molecule has 0 bridgehead atoms. The van der Waals surface area contributed by atoms with Crippen LogP contribution in [0.15, 0.2) is 4.99 Å². The third-order valence-corrected chi connectivity index (χ3v) is 6.15. The highest BCUT2D eigenvalue weighted by molar-refractivity contribution is 8.14. The number of nitrogens with one attached hydrogen (secondary N) is 2. The second kappa shape index (κ2) is 6.08. The maximum Gasteiger partial charge on any atom is 0.209 e. The molecule has 0 aromatic heterocycles. The van der Waals surface area contributed by atoms with Crippen LogP contribution in [0, 0.1) is 5.92 Å². The van der Waals surface area contributed by atoms with E-state index in [1.54, 1.807) is 11.8 Å². The lowest BCUT2D eigenvalue weighted by Gasteiger charge is -2.36. The van der Waals surface area contributed by atoms with Gasteiger partial charge < -0.3 is 5.32 Å². The van der Waals surface area contributed by atoms with Gasteiger partial charge in [-0.1, -0.05) is 31.5 Å². The van der Waals surface area contributed by atoms with Gasteiger partial charge in [-0.05, 0) is 32.6 Å². The lowest BCUT2D eigenvalue weighted by molar-refractivity contribution is 0.242. The molecule has 122 valence electrons. The molecule has 1 aliphatic carbocycles. The Morgan fingerprint density at radius 3 is 2.86 bits per heavy atom. The Morgan fingerprint density at radius 1 is 1.52 bits per heavy atom. The number of hydrogen-bond acceptors (Lipinski definition) is 4. The largest absolute Gasteiger partial charge is 0.359 e. The summed E-state index contributed by atoms with van der Waals surface area (Å²) in [6.07, 6.45) is 6.22. The fourth-order valence-corrected chi connectivity index (χ4v) is 5.56. The number of amidine groups is 1. The summed E-state index contributed by atoms with van der Waals surface area (Å²) in [5, 5.41) is 4.57. The van der Waals surface area contributed by atoms with Crippen molar-refractivity contribution in [3.63, 3.8) is 0 Å². The van der Waals surface area contributed by atoms with Crippen molar-refractivity contribution < 1.29 is 8.42 Å². The summed E-state index contributed by atoms with van der Waals surface area (Å²) in [6, 6.07) is 0. The van der Waals surface area contributed by atoms with Gasteiger partial charge in [0.25, 0.3) is 0 Å². The Morgan fingerprint density at radius 2 is 2.24 bits per heavy atom. The van der Waals surface area contributed by atoms with Gasteiger partial charge in [0.05, 0.1) is 12.8 Å². The highest BCUT2D eigenvalue weighted by atomic mass is 32.2. The van der Waals surface area contributed by atoms with Gasteiger partial charge in [0.2, 0.25) is 10.0 Å². The number of aliphatic imine (C=N–C) groups is 1. The highest BCUT2D eigenvalue weighted by Gasteiger charge is 2.40. The lowest BCUT2D eigenvalue weighted by Crippen LogP contribution is -2.48. The van der Waals surface area contributed by atoms with E-state index in [-0.39, 0.29) is 5.54 Å². The molecule has 21 heavy (non-hydrogen) atoms. The van der Waals surface area contributed by atoms with Crippen molar-refractivity contribution in [2.24, 2.45) is 10.9 Å². The summed E-state index contributed by atoms with van der Waals surface area (Å²) in [4.78, 5) is 4.60. The van der Waals surface area contributed by atoms with Crippen LogP contribution in [0.2, 0.25) is 0 Å². The first-order valence-electron chi connectivity index (χ1n) is 7.54. The zero-order valence-electron chi connectivity index (χ0n) is 13.4. The monoisotopic (exact) mass is 333 g/mol. The summed E-state index contributed by atoms with van der Waals surface area (Å²) in [6.45, 7) is 6.48. The summed E-state index contributed by atoms with van der Waals surface area (Å²) < 4.78 is 25.3. The minimum Gasteiger partial charge on any atom is -0.359 e. The van der Waals surface area contributed by atoms with Crippen molar-refractivity contribution in [2.45, 2.75) is 57.5 Å². The third-order valence-electron chi connectivity index (χ3n) is 4.03. The van der Waals surface area contributed by atoms with Crippen molar-refractivity contribution in [3.8, 4) is 0 Å². The number of sulfonamides is 1. The van der Waals surface area contributed by atoms with Crippen LogP contribution >= 0.6 is 11.8 Å². The molecule has 2 atom stereocenters. The van der Waals surface area contributed by atoms with Crippen LogP contribution in [0.25, 0.3) is 0 Å². The second-order valence-electron chi connectivity index (χ2n) is 7.28. The Bertz CT molecular complexity index is 516. The number of hydrogen-bond donors (Lipinski definition) is 2. The summed E-state index contributed by atoms with van der Waals surface area (Å²) in [5.41, 5.74) is -0.339. The Labute approximate surface area is 132 Å². The smallest absolute Gasteiger partial charge is 0.209 e. The number of thioether (sulfide) groups is 1. The van der Waals surface area contributed by atoms with E-state index in [1.165, 1.54) is 31.9 Å². The van der Waals surface area contributed by atoms with E-state index in [0.717, 1.165) is 16.8 Å². The lowest BCUT2D eigenvalue weighted by atomic mass is 9.78. The highest BCUT2D eigenvalue weighted by Crippen LogP contribution is 2.38. The summed E-state index contributed by atoms with van der Waals surface area (Å²) in [7, 11) is -3.21. The van der Waals surface area contributed by atoms with Crippen LogP contribution in [0.5, 0.6) is 0 Å².